The van der Waals surface area contributed by atoms with Gasteiger partial charge in [-0.3, -0.25) is 0 Å². The number of nitrogens with zero attached hydrogens (tertiary/aromatic N) is 1. The Hall–Kier alpha value is -1.63. The van der Waals surface area contributed by atoms with Crippen molar-refractivity contribution in [3.05, 3.63) is 52.2 Å². The number of pyridine rings is 1. The minimum Gasteiger partial charge on any atom is -0.198 e. The molecule has 2 atom stereocenters. The predicted octanol–water partition coefficient (Wildman–Crippen LogP) is 5.12. The zero-order chi connectivity index (χ0) is 16.3. The molecular formula is C23H28N+. The second-order valence-electron chi connectivity index (χ2n) is 8.23. The summed E-state index contributed by atoms with van der Waals surface area (Å²) in [6.45, 7) is 2.27. The fourth-order valence-electron chi connectivity index (χ4n) is 5.93. The van der Waals surface area contributed by atoms with E-state index in [0.717, 1.165) is 11.8 Å². The summed E-state index contributed by atoms with van der Waals surface area (Å²) in [4.78, 5) is 0. The van der Waals surface area contributed by atoms with E-state index in [1.807, 2.05) is 5.56 Å². The first kappa shape index (κ1) is 14.7. The van der Waals surface area contributed by atoms with E-state index in [0.29, 0.717) is 0 Å². The standard InChI is InChI=1S/C23H28N/c1-15-7-3-4-10-18(15)23-19-11-5-8-16-13-14-17-9-6-12-20(24(23)2)22(17)21(16)19/h3-4,7,10,16-17H,5-6,8-9,11-14H2,1-2H3/q+1. The topological polar surface area (TPSA) is 3.88 Å². The SMILES string of the molecule is Cc1ccccc1-c1c2c3c4c([n+]1C)CCCC4CCC3CCC2. The van der Waals surface area contributed by atoms with Crippen LogP contribution in [0.1, 0.15) is 78.3 Å². The first-order chi connectivity index (χ1) is 11.8. The highest BCUT2D eigenvalue weighted by atomic mass is 15.0. The number of aromatic nitrogens is 1. The Labute approximate surface area is 145 Å². The number of hydrogen-bond acceptors (Lipinski definition) is 0. The van der Waals surface area contributed by atoms with Crippen LogP contribution in [0.2, 0.25) is 0 Å². The molecule has 0 amide bonds. The first-order valence-corrected chi connectivity index (χ1v) is 9.89. The van der Waals surface area contributed by atoms with Crippen LogP contribution < -0.4 is 4.57 Å². The van der Waals surface area contributed by atoms with Crippen LogP contribution in [-0.2, 0) is 19.9 Å². The van der Waals surface area contributed by atoms with Gasteiger partial charge in [0.25, 0.3) is 0 Å². The summed E-state index contributed by atoms with van der Waals surface area (Å²) in [5.41, 5.74) is 11.4. The van der Waals surface area contributed by atoms with Crippen molar-refractivity contribution in [3.8, 4) is 11.3 Å². The quantitative estimate of drug-likeness (QED) is 0.643. The zero-order valence-corrected chi connectivity index (χ0v) is 15.1. The van der Waals surface area contributed by atoms with Crippen molar-refractivity contribution in [1.29, 1.82) is 0 Å². The third kappa shape index (κ3) is 1.96. The Balaban J connectivity index is 1.87. The van der Waals surface area contributed by atoms with E-state index in [9.17, 15) is 0 Å². The summed E-state index contributed by atoms with van der Waals surface area (Å²) >= 11 is 0. The molecule has 1 aromatic heterocycles. The molecule has 2 aromatic rings. The van der Waals surface area contributed by atoms with Gasteiger partial charge >= 0.3 is 0 Å². The monoisotopic (exact) mass is 318 g/mol. The average Bonchev–Trinajstić information content (AvgIpc) is 2.62. The van der Waals surface area contributed by atoms with Gasteiger partial charge in [0, 0.05) is 23.1 Å². The molecule has 2 unspecified atom stereocenters. The van der Waals surface area contributed by atoms with Gasteiger partial charge in [0.1, 0.15) is 7.05 Å². The summed E-state index contributed by atoms with van der Waals surface area (Å²) in [5, 5.41) is 0. The number of rotatable bonds is 1. The molecule has 1 heteroatoms. The highest BCUT2D eigenvalue weighted by Gasteiger charge is 2.41. The van der Waals surface area contributed by atoms with E-state index in [2.05, 4.69) is 42.8 Å². The smallest absolute Gasteiger partial charge is 0.198 e. The van der Waals surface area contributed by atoms with Gasteiger partial charge in [0.2, 0.25) is 5.69 Å². The third-order valence-electron chi connectivity index (χ3n) is 6.98. The van der Waals surface area contributed by atoms with Crippen LogP contribution in [0.4, 0.5) is 0 Å². The molecule has 3 aliphatic rings. The van der Waals surface area contributed by atoms with E-state index in [1.165, 1.54) is 68.2 Å². The molecule has 5 rings (SSSR count). The second-order valence-corrected chi connectivity index (χ2v) is 8.23. The van der Waals surface area contributed by atoms with Crippen molar-refractivity contribution < 1.29 is 4.57 Å². The average molecular weight is 318 g/mol. The van der Waals surface area contributed by atoms with Crippen LogP contribution in [0.5, 0.6) is 0 Å². The molecule has 124 valence electrons. The number of aryl methyl sites for hydroxylation is 1. The molecule has 1 aromatic carbocycles. The highest BCUT2D eigenvalue weighted by molar-refractivity contribution is 5.68. The van der Waals surface area contributed by atoms with E-state index >= 15 is 0 Å². The van der Waals surface area contributed by atoms with Gasteiger partial charge < -0.3 is 0 Å². The molecule has 0 N–H and O–H groups in total. The molecule has 0 aliphatic heterocycles. The Bertz CT molecular complexity index is 817. The third-order valence-corrected chi connectivity index (χ3v) is 6.98. The Morgan fingerprint density at radius 1 is 0.875 bits per heavy atom. The molecule has 1 heterocycles. The minimum absolute atomic E-state index is 0.848. The largest absolute Gasteiger partial charge is 0.216 e. The Morgan fingerprint density at radius 3 is 2.38 bits per heavy atom. The molecule has 0 bridgehead atoms. The second kappa shape index (κ2) is 5.44. The summed E-state index contributed by atoms with van der Waals surface area (Å²) in [6.07, 6.45) is 11.0. The van der Waals surface area contributed by atoms with E-state index in [4.69, 9.17) is 0 Å². The fourth-order valence-corrected chi connectivity index (χ4v) is 5.93. The van der Waals surface area contributed by atoms with Crippen LogP contribution >= 0.6 is 0 Å². The van der Waals surface area contributed by atoms with Crippen LogP contribution in [0.15, 0.2) is 24.3 Å². The lowest BCUT2D eigenvalue weighted by atomic mass is 9.65. The normalized spacial score (nSPS) is 24.6. The Morgan fingerprint density at radius 2 is 1.58 bits per heavy atom. The van der Waals surface area contributed by atoms with Crippen molar-refractivity contribution >= 4 is 0 Å². The van der Waals surface area contributed by atoms with Crippen molar-refractivity contribution in [2.75, 3.05) is 0 Å². The van der Waals surface area contributed by atoms with Crippen LogP contribution in [-0.4, -0.2) is 0 Å². The van der Waals surface area contributed by atoms with Crippen LogP contribution in [0.25, 0.3) is 11.3 Å². The molecule has 0 saturated carbocycles. The molecule has 0 saturated heterocycles. The number of hydrogen-bond donors (Lipinski definition) is 0. The van der Waals surface area contributed by atoms with Crippen molar-refractivity contribution in [2.24, 2.45) is 7.05 Å². The molecule has 1 nitrogen and oxygen atoms in total. The van der Waals surface area contributed by atoms with Crippen molar-refractivity contribution in [2.45, 2.75) is 70.1 Å². The van der Waals surface area contributed by atoms with Crippen LogP contribution in [0, 0.1) is 6.92 Å². The van der Waals surface area contributed by atoms with Crippen LogP contribution in [0.3, 0.4) is 0 Å². The summed E-state index contributed by atoms with van der Waals surface area (Å²) < 4.78 is 2.59. The van der Waals surface area contributed by atoms with Gasteiger partial charge in [-0.1, -0.05) is 18.2 Å². The van der Waals surface area contributed by atoms with Gasteiger partial charge in [-0.25, -0.2) is 0 Å². The maximum absolute atomic E-state index is 2.59. The van der Waals surface area contributed by atoms with E-state index in [-0.39, 0.29) is 0 Å². The van der Waals surface area contributed by atoms with Gasteiger partial charge in [0.05, 0.1) is 0 Å². The summed E-state index contributed by atoms with van der Waals surface area (Å²) in [6, 6.07) is 9.00. The van der Waals surface area contributed by atoms with Crippen molar-refractivity contribution in [3.63, 3.8) is 0 Å². The zero-order valence-electron chi connectivity index (χ0n) is 15.1. The van der Waals surface area contributed by atoms with Gasteiger partial charge in [-0.2, -0.15) is 4.57 Å². The summed E-state index contributed by atoms with van der Waals surface area (Å²) in [7, 11) is 2.34. The lowest BCUT2D eigenvalue weighted by Gasteiger charge is -2.39. The Kier molecular flexibility index (Phi) is 3.33. The number of benzene rings is 1. The molecular weight excluding hydrogens is 290 g/mol. The molecule has 0 radical (unpaired) electrons. The predicted molar refractivity (Wildman–Crippen MR) is 98.4 cm³/mol. The van der Waals surface area contributed by atoms with Gasteiger partial charge in [-0.15, -0.1) is 0 Å². The maximum Gasteiger partial charge on any atom is 0.216 e. The molecule has 3 aliphatic carbocycles. The van der Waals surface area contributed by atoms with Gasteiger partial charge in [0.15, 0.2) is 5.69 Å². The van der Waals surface area contributed by atoms with Crippen molar-refractivity contribution in [1.82, 2.24) is 0 Å². The van der Waals surface area contributed by atoms with E-state index < -0.39 is 0 Å². The molecule has 0 spiro atoms. The molecule has 24 heavy (non-hydrogen) atoms. The highest BCUT2D eigenvalue weighted by Crippen LogP contribution is 2.51. The first-order valence-electron chi connectivity index (χ1n) is 9.89. The maximum atomic E-state index is 2.59. The summed E-state index contributed by atoms with van der Waals surface area (Å²) in [5.74, 6) is 1.70. The van der Waals surface area contributed by atoms with Gasteiger partial charge in [-0.05, 0) is 80.9 Å². The lowest BCUT2D eigenvalue weighted by Crippen LogP contribution is -2.43. The lowest BCUT2D eigenvalue weighted by molar-refractivity contribution is -0.669. The van der Waals surface area contributed by atoms with E-state index in [1.54, 1.807) is 16.8 Å². The minimum atomic E-state index is 0.848. The molecule has 0 fully saturated rings. The fraction of sp³-hybridized carbons (Fsp3) is 0.522.